The van der Waals surface area contributed by atoms with Crippen LogP contribution in [0, 0.1) is 0 Å². The van der Waals surface area contributed by atoms with Gasteiger partial charge in [-0.1, -0.05) is 19.1 Å². The average Bonchev–Trinajstić information content (AvgIpc) is 2.41. The van der Waals surface area contributed by atoms with E-state index in [0.29, 0.717) is 6.61 Å². The Morgan fingerprint density at radius 3 is 2.74 bits per heavy atom. The maximum atomic E-state index is 6.03. The molecule has 0 heterocycles. The lowest BCUT2D eigenvalue weighted by molar-refractivity contribution is 0.130. The van der Waals surface area contributed by atoms with Crippen molar-refractivity contribution >= 4 is 15.9 Å². The predicted octanol–water partition coefficient (Wildman–Crippen LogP) is 3.53. The molecule has 0 aliphatic rings. The summed E-state index contributed by atoms with van der Waals surface area (Å²) in [5, 5.41) is 0. The number of hydrogen-bond donors (Lipinski definition) is 1. The smallest absolute Gasteiger partial charge is 0.136 e. The molecular formula is C15H24BrNO2. The summed E-state index contributed by atoms with van der Waals surface area (Å²) in [5.41, 5.74) is 7.19. The number of halogens is 1. The van der Waals surface area contributed by atoms with Crippen molar-refractivity contribution in [2.24, 2.45) is 5.73 Å². The van der Waals surface area contributed by atoms with Gasteiger partial charge in [0.1, 0.15) is 5.75 Å². The van der Waals surface area contributed by atoms with Gasteiger partial charge in [0.2, 0.25) is 0 Å². The van der Waals surface area contributed by atoms with Gasteiger partial charge in [0.15, 0.2) is 0 Å². The molecule has 0 aromatic heterocycles. The van der Waals surface area contributed by atoms with E-state index in [4.69, 9.17) is 15.2 Å². The van der Waals surface area contributed by atoms with Crippen LogP contribution < -0.4 is 10.5 Å². The fourth-order valence-corrected chi connectivity index (χ4v) is 2.30. The van der Waals surface area contributed by atoms with Gasteiger partial charge < -0.3 is 15.2 Å². The monoisotopic (exact) mass is 329 g/mol. The lowest BCUT2D eigenvalue weighted by Gasteiger charge is -2.16. The van der Waals surface area contributed by atoms with E-state index in [1.165, 1.54) is 5.56 Å². The normalized spacial score (nSPS) is 12.4. The number of hydrogen-bond acceptors (Lipinski definition) is 3. The molecular weight excluding hydrogens is 306 g/mol. The molecule has 1 rings (SSSR count). The molecule has 0 saturated heterocycles. The van der Waals surface area contributed by atoms with E-state index in [1.54, 1.807) is 0 Å². The molecule has 1 aromatic carbocycles. The first-order valence-corrected chi connectivity index (χ1v) is 7.71. The van der Waals surface area contributed by atoms with Crippen molar-refractivity contribution < 1.29 is 9.47 Å². The maximum absolute atomic E-state index is 6.03. The molecule has 1 atom stereocenters. The summed E-state index contributed by atoms with van der Waals surface area (Å²) in [6, 6.07) is 6.28. The third-order valence-electron chi connectivity index (χ3n) is 2.94. The van der Waals surface area contributed by atoms with Crippen molar-refractivity contribution in [2.45, 2.75) is 39.2 Å². The molecule has 0 saturated carbocycles. The van der Waals surface area contributed by atoms with Crippen molar-refractivity contribution in [3.05, 3.63) is 28.2 Å². The van der Waals surface area contributed by atoms with Crippen LogP contribution in [0.1, 0.15) is 32.3 Å². The van der Waals surface area contributed by atoms with E-state index in [0.717, 1.165) is 42.7 Å². The minimum absolute atomic E-state index is 0.181. The molecule has 4 heteroatoms. The minimum Gasteiger partial charge on any atom is -0.492 e. The van der Waals surface area contributed by atoms with Crippen molar-refractivity contribution in [1.82, 2.24) is 0 Å². The molecule has 0 amide bonds. The molecule has 0 aliphatic carbocycles. The second kappa shape index (κ2) is 9.34. The molecule has 3 nitrogen and oxygen atoms in total. The Morgan fingerprint density at radius 1 is 1.26 bits per heavy atom. The van der Waals surface area contributed by atoms with Crippen LogP contribution in [0.4, 0.5) is 0 Å². The van der Waals surface area contributed by atoms with Crippen molar-refractivity contribution in [3.8, 4) is 5.75 Å². The highest BCUT2D eigenvalue weighted by Crippen LogP contribution is 2.30. The number of nitrogens with two attached hydrogens (primary N) is 1. The maximum Gasteiger partial charge on any atom is 0.136 e. The molecule has 108 valence electrons. The first-order valence-electron chi connectivity index (χ1n) is 6.92. The van der Waals surface area contributed by atoms with Gasteiger partial charge in [-0.05, 0) is 47.3 Å². The summed E-state index contributed by atoms with van der Waals surface area (Å²) < 4.78 is 12.2. The van der Waals surface area contributed by atoms with Gasteiger partial charge in [-0.2, -0.15) is 0 Å². The van der Waals surface area contributed by atoms with E-state index in [1.807, 2.05) is 19.1 Å². The van der Waals surface area contributed by atoms with Crippen LogP contribution in [-0.2, 0) is 11.2 Å². The zero-order chi connectivity index (χ0) is 14.1. The Kier molecular flexibility index (Phi) is 8.10. The SMILES string of the molecule is CCOCCCOc1c(Br)cccc1CC(N)CC. The summed E-state index contributed by atoms with van der Waals surface area (Å²) in [5.74, 6) is 0.919. The summed E-state index contributed by atoms with van der Waals surface area (Å²) >= 11 is 3.54. The second-order valence-electron chi connectivity index (χ2n) is 4.50. The molecule has 0 fully saturated rings. The Bertz CT molecular complexity index is 371. The van der Waals surface area contributed by atoms with Crippen LogP contribution in [0.25, 0.3) is 0 Å². The Hall–Kier alpha value is -0.580. The van der Waals surface area contributed by atoms with E-state index in [9.17, 15) is 0 Å². The zero-order valence-corrected chi connectivity index (χ0v) is 13.4. The van der Waals surface area contributed by atoms with Gasteiger partial charge in [-0.25, -0.2) is 0 Å². The highest BCUT2D eigenvalue weighted by molar-refractivity contribution is 9.10. The predicted molar refractivity (Wildman–Crippen MR) is 82.7 cm³/mol. The van der Waals surface area contributed by atoms with Crippen LogP contribution in [0.15, 0.2) is 22.7 Å². The molecule has 0 radical (unpaired) electrons. The second-order valence-corrected chi connectivity index (χ2v) is 5.35. The van der Waals surface area contributed by atoms with Gasteiger partial charge in [0.05, 0.1) is 11.1 Å². The van der Waals surface area contributed by atoms with Gasteiger partial charge in [-0.3, -0.25) is 0 Å². The highest BCUT2D eigenvalue weighted by Gasteiger charge is 2.11. The number of benzene rings is 1. The third kappa shape index (κ3) is 5.93. The summed E-state index contributed by atoms with van der Waals surface area (Å²) in [4.78, 5) is 0. The number of para-hydroxylation sites is 1. The fourth-order valence-electron chi connectivity index (χ4n) is 1.78. The molecule has 1 aromatic rings. The topological polar surface area (TPSA) is 44.5 Å². The molecule has 0 spiro atoms. The van der Waals surface area contributed by atoms with Crippen LogP contribution in [0.3, 0.4) is 0 Å². The van der Waals surface area contributed by atoms with Crippen molar-refractivity contribution in [2.75, 3.05) is 19.8 Å². The first-order chi connectivity index (χ1) is 9.19. The third-order valence-corrected chi connectivity index (χ3v) is 3.56. The largest absolute Gasteiger partial charge is 0.492 e. The lowest BCUT2D eigenvalue weighted by atomic mass is 10.0. The van der Waals surface area contributed by atoms with Gasteiger partial charge >= 0.3 is 0 Å². The van der Waals surface area contributed by atoms with Crippen LogP contribution in [0.2, 0.25) is 0 Å². The Labute approximate surface area is 124 Å². The standard InChI is InChI=1S/C15H24BrNO2/c1-3-13(17)11-12-7-5-8-14(16)15(12)19-10-6-9-18-4-2/h5,7-8,13H,3-4,6,9-11,17H2,1-2H3. The lowest BCUT2D eigenvalue weighted by Crippen LogP contribution is -2.21. The van der Waals surface area contributed by atoms with Crippen LogP contribution >= 0.6 is 15.9 Å². The summed E-state index contributed by atoms with van der Waals surface area (Å²) in [7, 11) is 0. The van der Waals surface area contributed by atoms with Gasteiger partial charge in [0.25, 0.3) is 0 Å². The summed E-state index contributed by atoms with van der Waals surface area (Å²) in [6.45, 7) is 6.26. The van der Waals surface area contributed by atoms with Crippen molar-refractivity contribution in [1.29, 1.82) is 0 Å². The molecule has 0 bridgehead atoms. The number of ether oxygens (including phenoxy) is 2. The van der Waals surface area contributed by atoms with Crippen molar-refractivity contribution in [3.63, 3.8) is 0 Å². The first kappa shape index (κ1) is 16.5. The average molecular weight is 330 g/mol. The number of rotatable bonds is 9. The molecule has 19 heavy (non-hydrogen) atoms. The van der Waals surface area contributed by atoms with E-state index in [2.05, 4.69) is 28.9 Å². The van der Waals surface area contributed by atoms with E-state index in [-0.39, 0.29) is 6.04 Å². The molecule has 0 aliphatic heterocycles. The Balaban J connectivity index is 2.59. The Morgan fingerprint density at radius 2 is 2.05 bits per heavy atom. The fraction of sp³-hybridized carbons (Fsp3) is 0.600. The van der Waals surface area contributed by atoms with Crippen LogP contribution in [0.5, 0.6) is 5.75 Å². The minimum atomic E-state index is 0.181. The zero-order valence-electron chi connectivity index (χ0n) is 11.8. The highest BCUT2D eigenvalue weighted by atomic mass is 79.9. The summed E-state index contributed by atoms with van der Waals surface area (Å²) in [6.07, 6.45) is 2.71. The molecule has 2 N–H and O–H groups in total. The molecule has 1 unspecified atom stereocenters. The van der Waals surface area contributed by atoms with Crippen LogP contribution in [-0.4, -0.2) is 25.9 Å². The van der Waals surface area contributed by atoms with E-state index >= 15 is 0 Å². The van der Waals surface area contributed by atoms with Gasteiger partial charge in [-0.15, -0.1) is 0 Å². The van der Waals surface area contributed by atoms with E-state index < -0.39 is 0 Å². The van der Waals surface area contributed by atoms with Gasteiger partial charge in [0, 0.05) is 25.7 Å². The quantitative estimate of drug-likeness (QED) is 0.705.